The minimum absolute atomic E-state index is 0.0267. The molecule has 1 N–H and O–H groups in total. The van der Waals surface area contributed by atoms with E-state index < -0.39 is 10.0 Å². The van der Waals surface area contributed by atoms with Crippen LogP contribution < -0.4 is 5.32 Å². The molecule has 0 radical (unpaired) electrons. The van der Waals surface area contributed by atoms with Crippen LogP contribution in [0.1, 0.15) is 36.9 Å². The Balaban J connectivity index is 1.53. The number of nitrogens with zero attached hydrogens (tertiary/aromatic N) is 2. The smallest absolute Gasteiger partial charge is 0.236 e. The molecule has 1 aliphatic rings. The second kappa shape index (κ2) is 9.12. The van der Waals surface area contributed by atoms with Crippen LogP contribution in [0.5, 0.6) is 0 Å². The summed E-state index contributed by atoms with van der Waals surface area (Å²) in [5, 5.41) is 4.26. The number of piperidine rings is 1. The molecular weight excluding hydrogens is 374 g/mol. The van der Waals surface area contributed by atoms with Gasteiger partial charge in [0.2, 0.25) is 15.9 Å². The number of aromatic nitrogens is 1. The van der Waals surface area contributed by atoms with Crippen molar-refractivity contribution < 1.29 is 13.2 Å². The third kappa shape index (κ3) is 5.27. The quantitative estimate of drug-likeness (QED) is 0.810. The van der Waals surface area contributed by atoms with Gasteiger partial charge < -0.3 is 5.32 Å². The van der Waals surface area contributed by atoms with Gasteiger partial charge in [-0.1, -0.05) is 30.3 Å². The molecule has 1 amide bonds. The van der Waals surface area contributed by atoms with E-state index in [1.807, 2.05) is 49.4 Å². The normalized spacial score (nSPS) is 17.5. The molecule has 0 bridgehead atoms. The molecule has 0 spiro atoms. The maximum Gasteiger partial charge on any atom is 0.236 e. The van der Waals surface area contributed by atoms with E-state index in [-0.39, 0.29) is 17.9 Å². The Labute approximate surface area is 166 Å². The highest BCUT2D eigenvalue weighted by Gasteiger charge is 2.30. The molecule has 1 aromatic heterocycles. The van der Waals surface area contributed by atoms with Crippen LogP contribution in [0.25, 0.3) is 6.08 Å². The number of sulfonamides is 1. The van der Waals surface area contributed by atoms with Crippen molar-refractivity contribution in [3.05, 3.63) is 71.4 Å². The molecule has 1 saturated heterocycles. The van der Waals surface area contributed by atoms with Gasteiger partial charge in [-0.3, -0.25) is 9.78 Å². The zero-order valence-corrected chi connectivity index (χ0v) is 16.7. The number of rotatable bonds is 6. The lowest BCUT2D eigenvalue weighted by Crippen LogP contribution is -2.42. The summed E-state index contributed by atoms with van der Waals surface area (Å²) in [4.78, 5) is 16.5. The first-order chi connectivity index (χ1) is 13.5. The summed E-state index contributed by atoms with van der Waals surface area (Å²) in [6.07, 6.45) is 6.04. The first-order valence-corrected chi connectivity index (χ1v) is 10.9. The molecule has 0 saturated carbocycles. The largest absolute Gasteiger partial charge is 0.349 e. The first kappa shape index (κ1) is 20.2. The highest BCUT2D eigenvalue weighted by Crippen LogP contribution is 2.22. The van der Waals surface area contributed by atoms with Crippen molar-refractivity contribution in [2.24, 2.45) is 5.92 Å². The molecule has 2 aromatic rings. The number of hydrogen-bond acceptors (Lipinski definition) is 4. The Kier molecular flexibility index (Phi) is 6.59. The molecule has 1 aromatic carbocycles. The third-order valence-electron chi connectivity index (χ3n) is 4.98. The molecule has 28 heavy (non-hydrogen) atoms. The molecule has 1 fully saturated rings. The second-order valence-electron chi connectivity index (χ2n) is 6.94. The van der Waals surface area contributed by atoms with E-state index in [4.69, 9.17) is 0 Å². The fourth-order valence-electron chi connectivity index (χ4n) is 3.25. The Hall–Kier alpha value is -2.51. The van der Waals surface area contributed by atoms with Gasteiger partial charge in [-0.25, -0.2) is 8.42 Å². The van der Waals surface area contributed by atoms with E-state index in [9.17, 15) is 13.2 Å². The fourth-order valence-corrected chi connectivity index (χ4v) is 4.47. The first-order valence-electron chi connectivity index (χ1n) is 9.39. The van der Waals surface area contributed by atoms with Crippen molar-refractivity contribution in [1.29, 1.82) is 0 Å². The van der Waals surface area contributed by atoms with E-state index in [0.717, 1.165) is 11.1 Å². The zero-order chi connectivity index (χ0) is 20.0. The topological polar surface area (TPSA) is 79.4 Å². The Morgan fingerprint density at radius 3 is 2.43 bits per heavy atom. The summed E-state index contributed by atoms with van der Waals surface area (Å²) in [5.41, 5.74) is 1.83. The number of carbonyl (C=O) groups is 1. The highest BCUT2D eigenvalue weighted by atomic mass is 32.2. The summed E-state index contributed by atoms with van der Waals surface area (Å²) in [6.45, 7) is 2.63. The molecule has 3 rings (SSSR count). The van der Waals surface area contributed by atoms with Crippen LogP contribution in [-0.4, -0.2) is 36.7 Å². The van der Waals surface area contributed by atoms with Crippen LogP contribution in [0.15, 0.2) is 60.3 Å². The van der Waals surface area contributed by atoms with Crippen molar-refractivity contribution in [1.82, 2.24) is 14.6 Å². The van der Waals surface area contributed by atoms with Crippen molar-refractivity contribution in [3.8, 4) is 0 Å². The van der Waals surface area contributed by atoms with Gasteiger partial charge >= 0.3 is 0 Å². The Morgan fingerprint density at radius 1 is 1.14 bits per heavy atom. The van der Waals surface area contributed by atoms with Crippen LogP contribution in [-0.2, 0) is 14.8 Å². The zero-order valence-electron chi connectivity index (χ0n) is 15.9. The lowest BCUT2D eigenvalue weighted by atomic mass is 9.96. The monoisotopic (exact) mass is 399 g/mol. The van der Waals surface area contributed by atoms with Gasteiger partial charge in [0.05, 0.1) is 6.04 Å². The van der Waals surface area contributed by atoms with E-state index in [2.05, 4.69) is 10.3 Å². The van der Waals surface area contributed by atoms with Crippen LogP contribution in [0.2, 0.25) is 0 Å². The lowest BCUT2D eigenvalue weighted by Gasteiger charge is -2.30. The van der Waals surface area contributed by atoms with Gasteiger partial charge in [0, 0.05) is 36.8 Å². The summed E-state index contributed by atoms with van der Waals surface area (Å²) in [5.74, 6) is -0.199. The standard InChI is InChI=1S/C21H25N3O3S/c1-17(19-7-12-22-13-8-19)23-21(25)20-9-14-24(15-10-20)28(26,27)16-11-18-5-3-2-4-6-18/h2-8,11-13,16-17,20H,9-10,14-15H2,1H3,(H,23,25)/b16-11+. The summed E-state index contributed by atoms with van der Waals surface area (Å²) < 4.78 is 26.5. The minimum Gasteiger partial charge on any atom is -0.349 e. The molecule has 6 nitrogen and oxygen atoms in total. The van der Waals surface area contributed by atoms with Gasteiger partial charge in [-0.05, 0) is 49.1 Å². The van der Waals surface area contributed by atoms with Gasteiger partial charge in [0.25, 0.3) is 0 Å². The number of amides is 1. The molecule has 1 aliphatic heterocycles. The number of pyridine rings is 1. The van der Waals surface area contributed by atoms with Crippen molar-refractivity contribution in [3.63, 3.8) is 0 Å². The number of benzene rings is 1. The van der Waals surface area contributed by atoms with Gasteiger partial charge in [0.15, 0.2) is 0 Å². The lowest BCUT2D eigenvalue weighted by molar-refractivity contribution is -0.126. The average Bonchev–Trinajstić information content (AvgIpc) is 2.74. The van der Waals surface area contributed by atoms with Gasteiger partial charge in [-0.15, -0.1) is 0 Å². The predicted octanol–water partition coefficient (Wildman–Crippen LogP) is 2.97. The van der Waals surface area contributed by atoms with E-state index in [1.165, 1.54) is 9.71 Å². The minimum atomic E-state index is -3.48. The molecule has 148 valence electrons. The number of hydrogen-bond donors (Lipinski definition) is 1. The van der Waals surface area contributed by atoms with Crippen molar-refractivity contribution >= 4 is 22.0 Å². The average molecular weight is 400 g/mol. The van der Waals surface area contributed by atoms with Crippen LogP contribution in [0.4, 0.5) is 0 Å². The fraction of sp³-hybridized carbons (Fsp3) is 0.333. The third-order valence-corrected chi connectivity index (χ3v) is 6.55. The number of carbonyl (C=O) groups excluding carboxylic acids is 1. The maximum atomic E-state index is 12.5. The molecule has 1 atom stereocenters. The molecule has 2 heterocycles. The molecular formula is C21H25N3O3S. The SMILES string of the molecule is CC(NC(=O)C1CCN(S(=O)(=O)/C=C/c2ccccc2)CC1)c1ccncc1. The molecule has 0 aliphatic carbocycles. The van der Waals surface area contributed by atoms with E-state index >= 15 is 0 Å². The summed E-state index contributed by atoms with van der Waals surface area (Å²) in [7, 11) is -3.48. The number of nitrogens with one attached hydrogen (secondary N) is 1. The van der Waals surface area contributed by atoms with Crippen LogP contribution in [0, 0.1) is 5.92 Å². The van der Waals surface area contributed by atoms with Crippen LogP contribution in [0.3, 0.4) is 0 Å². The van der Waals surface area contributed by atoms with Gasteiger partial charge in [0.1, 0.15) is 0 Å². The summed E-state index contributed by atoms with van der Waals surface area (Å²) in [6, 6.07) is 13.0. The van der Waals surface area contributed by atoms with Crippen molar-refractivity contribution in [2.45, 2.75) is 25.8 Å². The Bertz CT molecular complexity index is 906. The maximum absolute atomic E-state index is 12.5. The van der Waals surface area contributed by atoms with Crippen LogP contribution >= 0.6 is 0 Å². The highest BCUT2D eigenvalue weighted by molar-refractivity contribution is 7.92. The van der Waals surface area contributed by atoms with E-state index in [1.54, 1.807) is 18.5 Å². The van der Waals surface area contributed by atoms with Crippen molar-refractivity contribution in [2.75, 3.05) is 13.1 Å². The summed E-state index contributed by atoms with van der Waals surface area (Å²) >= 11 is 0. The predicted molar refractivity (Wildman–Crippen MR) is 109 cm³/mol. The molecule has 1 unspecified atom stereocenters. The Morgan fingerprint density at radius 2 is 1.79 bits per heavy atom. The van der Waals surface area contributed by atoms with E-state index in [0.29, 0.717) is 25.9 Å². The van der Waals surface area contributed by atoms with Gasteiger partial charge in [-0.2, -0.15) is 4.31 Å². The molecule has 7 heteroatoms. The second-order valence-corrected chi connectivity index (χ2v) is 8.76.